The third-order valence-corrected chi connectivity index (χ3v) is 3.87. The molecule has 0 heterocycles. The van der Waals surface area contributed by atoms with Gasteiger partial charge in [-0.2, -0.15) is 0 Å². The number of anilines is 1. The van der Waals surface area contributed by atoms with Crippen molar-refractivity contribution < 1.29 is 19.0 Å². The van der Waals surface area contributed by atoms with Gasteiger partial charge in [0.05, 0.1) is 37.1 Å². The molecule has 7 heteroatoms. The minimum atomic E-state index is -0.313. The van der Waals surface area contributed by atoms with Crippen LogP contribution in [-0.2, 0) is 6.54 Å². The fraction of sp³-hybridized carbons (Fsp3) is 0.278. The number of ether oxygens (including phenoxy) is 3. The molecule has 0 atom stereocenters. The lowest BCUT2D eigenvalue weighted by Crippen LogP contribution is -2.23. The summed E-state index contributed by atoms with van der Waals surface area (Å²) in [5, 5.41) is 3.12. The van der Waals surface area contributed by atoms with Crippen LogP contribution in [0.15, 0.2) is 30.3 Å². The largest absolute Gasteiger partial charge is 0.496 e. The van der Waals surface area contributed by atoms with E-state index in [1.807, 2.05) is 25.1 Å². The van der Waals surface area contributed by atoms with Gasteiger partial charge in [-0.3, -0.25) is 4.79 Å². The van der Waals surface area contributed by atoms with E-state index in [4.69, 9.17) is 31.5 Å². The molecule has 2 aromatic rings. The van der Waals surface area contributed by atoms with Crippen LogP contribution in [0.25, 0.3) is 0 Å². The molecule has 0 spiro atoms. The Hall–Kier alpha value is -2.60. The van der Waals surface area contributed by atoms with Crippen molar-refractivity contribution in [3.05, 3.63) is 46.5 Å². The summed E-state index contributed by atoms with van der Waals surface area (Å²) in [6, 6.07) is 8.50. The van der Waals surface area contributed by atoms with Crippen LogP contribution in [0.4, 0.5) is 5.69 Å². The quantitative estimate of drug-likeness (QED) is 0.737. The van der Waals surface area contributed by atoms with Gasteiger partial charge in [0.25, 0.3) is 5.91 Å². The van der Waals surface area contributed by atoms with Crippen LogP contribution in [-0.4, -0.2) is 26.7 Å². The molecule has 0 aliphatic carbocycles. The molecule has 0 aliphatic heterocycles. The molecule has 2 aromatic carbocycles. The van der Waals surface area contributed by atoms with Crippen molar-refractivity contribution in [3.8, 4) is 17.2 Å². The molecule has 134 valence electrons. The van der Waals surface area contributed by atoms with Crippen molar-refractivity contribution >= 4 is 23.2 Å². The van der Waals surface area contributed by atoms with E-state index in [1.165, 1.54) is 19.2 Å². The number of benzene rings is 2. The highest BCUT2D eigenvalue weighted by Crippen LogP contribution is 2.30. The second-order valence-electron chi connectivity index (χ2n) is 5.17. The highest BCUT2D eigenvalue weighted by molar-refractivity contribution is 6.33. The molecule has 2 rings (SSSR count). The average molecular weight is 365 g/mol. The van der Waals surface area contributed by atoms with E-state index in [-0.39, 0.29) is 5.91 Å². The predicted molar refractivity (Wildman–Crippen MR) is 97.7 cm³/mol. The minimum absolute atomic E-state index is 0.300. The Balaban J connectivity index is 2.14. The fourth-order valence-electron chi connectivity index (χ4n) is 2.29. The Morgan fingerprint density at radius 3 is 2.48 bits per heavy atom. The summed E-state index contributed by atoms with van der Waals surface area (Å²) in [5.74, 6) is 1.32. The van der Waals surface area contributed by atoms with Gasteiger partial charge in [-0.1, -0.05) is 17.7 Å². The first-order valence-corrected chi connectivity index (χ1v) is 8.08. The summed E-state index contributed by atoms with van der Waals surface area (Å²) in [5.41, 5.74) is 7.27. The fourth-order valence-corrected chi connectivity index (χ4v) is 2.45. The van der Waals surface area contributed by atoms with Crippen LogP contribution in [0.2, 0.25) is 5.02 Å². The molecule has 25 heavy (non-hydrogen) atoms. The molecule has 0 aromatic heterocycles. The van der Waals surface area contributed by atoms with Crippen molar-refractivity contribution in [2.45, 2.75) is 13.5 Å². The van der Waals surface area contributed by atoms with E-state index >= 15 is 0 Å². The normalized spacial score (nSPS) is 10.2. The van der Waals surface area contributed by atoms with Gasteiger partial charge in [0.2, 0.25) is 0 Å². The lowest BCUT2D eigenvalue weighted by atomic mass is 10.1. The Labute approximate surface area is 151 Å². The summed E-state index contributed by atoms with van der Waals surface area (Å²) in [6.07, 6.45) is 0. The number of rotatable bonds is 7. The zero-order chi connectivity index (χ0) is 18.4. The van der Waals surface area contributed by atoms with Crippen molar-refractivity contribution in [1.82, 2.24) is 5.32 Å². The van der Waals surface area contributed by atoms with Crippen molar-refractivity contribution in [3.63, 3.8) is 0 Å². The maximum Gasteiger partial charge on any atom is 0.255 e. The molecule has 0 unspecified atom stereocenters. The number of hydrogen-bond donors (Lipinski definition) is 2. The van der Waals surface area contributed by atoms with E-state index < -0.39 is 0 Å². The molecule has 6 nitrogen and oxygen atoms in total. The van der Waals surface area contributed by atoms with Gasteiger partial charge in [0.1, 0.15) is 5.75 Å². The monoisotopic (exact) mass is 364 g/mol. The van der Waals surface area contributed by atoms with Crippen LogP contribution in [0.3, 0.4) is 0 Å². The highest BCUT2D eigenvalue weighted by atomic mass is 35.5. The zero-order valence-electron chi connectivity index (χ0n) is 14.4. The van der Waals surface area contributed by atoms with Gasteiger partial charge >= 0.3 is 0 Å². The average Bonchev–Trinajstić information content (AvgIpc) is 2.62. The minimum Gasteiger partial charge on any atom is -0.496 e. The predicted octanol–water partition coefficient (Wildman–Crippen LogP) is 3.27. The van der Waals surface area contributed by atoms with Crippen LogP contribution in [0.1, 0.15) is 22.8 Å². The Morgan fingerprint density at radius 1 is 1.12 bits per heavy atom. The van der Waals surface area contributed by atoms with Crippen molar-refractivity contribution in [1.29, 1.82) is 0 Å². The molecule has 3 N–H and O–H groups in total. The van der Waals surface area contributed by atoms with Gasteiger partial charge in [0.15, 0.2) is 11.5 Å². The Morgan fingerprint density at radius 2 is 1.84 bits per heavy atom. The number of hydrogen-bond acceptors (Lipinski definition) is 5. The Kier molecular flexibility index (Phi) is 6.36. The van der Waals surface area contributed by atoms with Crippen LogP contribution in [0, 0.1) is 0 Å². The van der Waals surface area contributed by atoms with Crippen molar-refractivity contribution in [2.24, 2.45) is 0 Å². The molecular weight excluding hydrogens is 344 g/mol. The van der Waals surface area contributed by atoms with Crippen LogP contribution >= 0.6 is 11.6 Å². The van der Waals surface area contributed by atoms with Crippen LogP contribution in [0.5, 0.6) is 17.2 Å². The summed E-state index contributed by atoms with van der Waals surface area (Å²) >= 11 is 6.00. The smallest absolute Gasteiger partial charge is 0.255 e. The molecule has 0 aliphatic rings. The molecular formula is C18H21ClN2O4. The second-order valence-corrected chi connectivity index (χ2v) is 5.58. The lowest BCUT2D eigenvalue weighted by molar-refractivity contribution is 0.0948. The first-order chi connectivity index (χ1) is 12.0. The highest BCUT2D eigenvalue weighted by Gasteiger charge is 2.15. The molecule has 0 fully saturated rings. The number of amides is 1. The lowest BCUT2D eigenvalue weighted by Gasteiger charge is -2.13. The van der Waals surface area contributed by atoms with Gasteiger partial charge in [-0.15, -0.1) is 0 Å². The number of nitrogens with one attached hydrogen (secondary N) is 1. The first-order valence-electron chi connectivity index (χ1n) is 7.71. The zero-order valence-corrected chi connectivity index (χ0v) is 15.1. The van der Waals surface area contributed by atoms with E-state index in [0.717, 1.165) is 5.56 Å². The van der Waals surface area contributed by atoms with Gasteiger partial charge in [0, 0.05) is 12.6 Å². The van der Waals surface area contributed by atoms with Gasteiger partial charge in [-0.25, -0.2) is 0 Å². The standard InChI is InChI=1S/C18H21ClN2O4/c1-4-25-15-6-5-11(7-17(15)24-3)10-21-18(22)12-8-13(19)14(20)9-16(12)23-2/h5-9H,4,10,20H2,1-3H3,(H,21,22). The number of nitrogens with two attached hydrogens (primary N) is 1. The number of halogens is 1. The van der Waals surface area contributed by atoms with E-state index in [0.29, 0.717) is 46.7 Å². The maximum atomic E-state index is 12.4. The number of carbonyl (C=O) groups excluding carboxylic acids is 1. The molecule has 0 saturated heterocycles. The summed E-state index contributed by atoms with van der Waals surface area (Å²) in [7, 11) is 3.04. The summed E-state index contributed by atoms with van der Waals surface area (Å²) in [4.78, 5) is 12.4. The third kappa shape index (κ3) is 4.48. The number of carbonyl (C=O) groups is 1. The molecule has 0 radical (unpaired) electrons. The number of nitrogen functional groups attached to an aromatic ring is 1. The SMILES string of the molecule is CCOc1ccc(CNC(=O)c2cc(Cl)c(N)cc2OC)cc1OC. The van der Waals surface area contributed by atoms with Gasteiger partial charge < -0.3 is 25.3 Å². The van der Waals surface area contributed by atoms with Crippen LogP contribution < -0.4 is 25.3 Å². The van der Waals surface area contributed by atoms with Gasteiger partial charge in [-0.05, 0) is 30.7 Å². The second kappa shape index (κ2) is 8.48. The molecule has 0 bridgehead atoms. The summed E-state index contributed by atoms with van der Waals surface area (Å²) in [6.45, 7) is 2.76. The van der Waals surface area contributed by atoms with E-state index in [1.54, 1.807) is 7.11 Å². The maximum absolute atomic E-state index is 12.4. The van der Waals surface area contributed by atoms with E-state index in [9.17, 15) is 4.79 Å². The molecule has 1 amide bonds. The number of methoxy groups -OCH3 is 2. The summed E-state index contributed by atoms with van der Waals surface area (Å²) < 4.78 is 16.0. The third-order valence-electron chi connectivity index (χ3n) is 3.54. The van der Waals surface area contributed by atoms with E-state index in [2.05, 4.69) is 5.32 Å². The van der Waals surface area contributed by atoms with Crippen molar-refractivity contribution in [2.75, 3.05) is 26.6 Å². The molecule has 0 saturated carbocycles. The topological polar surface area (TPSA) is 82.8 Å². The first kappa shape index (κ1) is 18.7. The Bertz CT molecular complexity index is 765.